The van der Waals surface area contributed by atoms with Gasteiger partial charge in [0.05, 0.1) is 0 Å². The van der Waals surface area contributed by atoms with Gasteiger partial charge in [0, 0.05) is 5.41 Å². The van der Waals surface area contributed by atoms with Crippen LogP contribution >= 0.6 is 7.92 Å². The number of hydrogen-bond acceptors (Lipinski definition) is 0. The van der Waals surface area contributed by atoms with Crippen LogP contribution in [0.4, 0.5) is 0 Å². The molecule has 2 atom stereocenters. The van der Waals surface area contributed by atoms with Crippen molar-refractivity contribution < 1.29 is 0 Å². The van der Waals surface area contributed by atoms with Crippen LogP contribution in [0.5, 0.6) is 0 Å². The molecule has 1 unspecified atom stereocenters. The predicted molar refractivity (Wildman–Crippen MR) is 52.0 cm³/mol. The van der Waals surface area contributed by atoms with E-state index in [0.29, 0.717) is 5.41 Å². The Bertz CT molecular complexity index is 273. The van der Waals surface area contributed by atoms with Crippen LogP contribution < -0.4 is 0 Å². The van der Waals surface area contributed by atoms with Crippen molar-refractivity contribution in [2.75, 3.05) is 6.16 Å². The molecule has 0 amide bonds. The third-order valence-corrected chi connectivity index (χ3v) is 6.38. The van der Waals surface area contributed by atoms with E-state index in [9.17, 15) is 0 Å². The van der Waals surface area contributed by atoms with Crippen molar-refractivity contribution in [3.63, 3.8) is 0 Å². The van der Waals surface area contributed by atoms with Crippen molar-refractivity contribution in [1.29, 1.82) is 0 Å². The largest absolute Gasteiger partial charge is 0.0622 e. The summed E-state index contributed by atoms with van der Waals surface area (Å²) in [6, 6.07) is 0. The number of fused-ring (bicyclic) bond motifs is 2. The second kappa shape index (κ2) is 1.98. The van der Waals surface area contributed by atoms with Crippen molar-refractivity contribution >= 4 is 7.92 Å². The van der Waals surface area contributed by atoms with Gasteiger partial charge in [-0.15, -0.1) is 0 Å². The van der Waals surface area contributed by atoms with Gasteiger partial charge >= 0.3 is 0 Å². The molecular formula is C10H15P. The Morgan fingerprint density at radius 3 is 2.36 bits per heavy atom. The Morgan fingerprint density at radius 2 is 2.00 bits per heavy atom. The van der Waals surface area contributed by atoms with E-state index in [-0.39, 0.29) is 7.92 Å². The first kappa shape index (κ1) is 7.55. The highest BCUT2D eigenvalue weighted by molar-refractivity contribution is 7.66. The standard InChI is InChI=1S/C10H15P/c1-7-5-11-6-10(7,4)8(2)9(11)3/h5H,6H2,1-4H3/t10-,11?/m1/s1. The zero-order valence-corrected chi connectivity index (χ0v) is 8.63. The maximum atomic E-state index is 2.51. The minimum absolute atomic E-state index is 0.160. The van der Waals surface area contributed by atoms with Gasteiger partial charge < -0.3 is 0 Å². The Morgan fingerprint density at radius 1 is 1.36 bits per heavy atom. The summed E-state index contributed by atoms with van der Waals surface area (Å²) in [6.07, 6.45) is 1.41. The zero-order chi connectivity index (χ0) is 8.22. The minimum atomic E-state index is 0.160. The molecule has 0 radical (unpaired) electrons. The van der Waals surface area contributed by atoms with Crippen LogP contribution in [0.2, 0.25) is 0 Å². The van der Waals surface area contributed by atoms with Gasteiger partial charge in [-0.3, -0.25) is 0 Å². The Kier molecular flexibility index (Phi) is 1.36. The van der Waals surface area contributed by atoms with Gasteiger partial charge in [0.2, 0.25) is 0 Å². The molecule has 2 bridgehead atoms. The van der Waals surface area contributed by atoms with Gasteiger partial charge in [-0.2, -0.15) is 0 Å². The lowest BCUT2D eigenvalue weighted by Gasteiger charge is -2.25. The highest BCUT2D eigenvalue weighted by Crippen LogP contribution is 2.68. The molecule has 2 rings (SSSR count). The summed E-state index contributed by atoms with van der Waals surface area (Å²) in [7, 11) is 0.160. The second-order valence-corrected chi connectivity index (χ2v) is 6.17. The van der Waals surface area contributed by atoms with E-state index in [4.69, 9.17) is 0 Å². The predicted octanol–water partition coefficient (Wildman–Crippen LogP) is 3.70. The fourth-order valence-corrected chi connectivity index (χ4v) is 5.25. The van der Waals surface area contributed by atoms with Crippen molar-refractivity contribution in [3.8, 4) is 0 Å². The molecule has 2 heterocycles. The first-order valence-electron chi connectivity index (χ1n) is 4.19. The van der Waals surface area contributed by atoms with Crippen LogP contribution in [-0.4, -0.2) is 6.16 Å². The van der Waals surface area contributed by atoms with Crippen molar-refractivity contribution in [3.05, 3.63) is 22.3 Å². The molecule has 0 aromatic rings. The van der Waals surface area contributed by atoms with Crippen molar-refractivity contribution in [2.24, 2.45) is 5.41 Å². The van der Waals surface area contributed by atoms with Crippen LogP contribution in [-0.2, 0) is 0 Å². The Labute approximate surface area is 70.1 Å². The average molecular weight is 166 g/mol. The van der Waals surface area contributed by atoms with Gasteiger partial charge in [-0.05, 0) is 32.2 Å². The summed E-state index contributed by atoms with van der Waals surface area (Å²) in [5.41, 5.74) is 3.74. The Balaban J connectivity index is 2.52. The third-order valence-electron chi connectivity index (χ3n) is 3.51. The second-order valence-electron chi connectivity index (χ2n) is 3.98. The molecule has 0 saturated carbocycles. The third kappa shape index (κ3) is 0.742. The van der Waals surface area contributed by atoms with E-state index in [1.165, 1.54) is 6.16 Å². The number of allylic oxidation sites excluding steroid dienone is 3. The highest BCUT2D eigenvalue weighted by Gasteiger charge is 2.43. The average Bonchev–Trinajstić information content (AvgIpc) is 2.34. The van der Waals surface area contributed by atoms with E-state index in [1.54, 1.807) is 16.5 Å². The van der Waals surface area contributed by atoms with Gasteiger partial charge in [-0.1, -0.05) is 31.8 Å². The van der Waals surface area contributed by atoms with Gasteiger partial charge in [0.1, 0.15) is 0 Å². The minimum Gasteiger partial charge on any atom is -0.0622 e. The fourth-order valence-electron chi connectivity index (χ4n) is 2.13. The molecule has 60 valence electrons. The first-order valence-corrected chi connectivity index (χ1v) is 5.79. The molecule has 0 aliphatic carbocycles. The number of rotatable bonds is 0. The van der Waals surface area contributed by atoms with Gasteiger partial charge in [0.25, 0.3) is 0 Å². The van der Waals surface area contributed by atoms with Crippen LogP contribution in [0.1, 0.15) is 27.7 Å². The molecule has 0 saturated heterocycles. The van der Waals surface area contributed by atoms with Crippen LogP contribution in [0.3, 0.4) is 0 Å². The summed E-state index contributed by atoms with van der Waals surface area (Å²) in [5.74, 6) is 2.51. The van der Waals surface area contributed by atoms with E-state index < -0.39 is 0 Å². The quantitative estimate of drug-likeness (QED) is 0.481. The smallest absolute Gasteiger partial charge is 0.0141 e. The van der Waals surface area contributed by atoms with Gasteiger partial charge in [-0.25, -0.2) is 0 Å². The summed E-state index contributed by atoms with van der Waals surface area (Å²) in [6.45, 7) is 9.31. The van der Waals surface area contributed by atoms with E-state index in [1.807, 2.05) is 0 Å². The van der Waals surface area contributed by atoms with E-state index in [2.05, 4.69) is 33.5 Å². The monoisotopic (exact) mass is 166 g/mol. The molecule has 0 nitrogen and oxygen atoms in total. The molecule has 0 aromatic carbocycles. The van der Waals surface area contributed by atoms with Crippen LogP contribution in [0.15, 0.2) is 22.3 Å². The van der Waals surface area contributed by atoms with Crippen LogP contribution in [0, 0.1) is 5.41 Å². The summed E-state index contributed by atoms with van der Waals surface area (Å²) in [5, 5.41) is 1.69. The maximum absolute atomic E-state index is 2.51. The van der Waals surface area contributed by atoms with E-state index >= 15 is 0 Å². The van der Waals surface area contributed by atoms with Gasteiger partial charge in [0.15, 0.2) is 0 Å². The zero-order valence-electron chi connectivity index (χ0n) is 7.73. The highest BCUT2D eigenvalue weighted by atomic mass is 31.1. The molecule has 0 N–H and O–H groups in total. The molecule has 2 aliphatic heterocycles. The lowest BCUT2D eigenvalue weighted by Crippen LogP contribution is -2.16. The Hall–Kier alpha value is -0.0900. The molecule has 0 fully saturated rings. The maximum Gasteiger partial charge on any atom is 0.0141 e. The fraction of sp³-hybridized carbons (Fsp3) is 0.600. The molecule has 1 heteroatoms. The first-order chi connectivity index (χ1) is 5.05. The lowest BCUT2D eigenvalue weighted by molar-refractivity contribution is 0.563. The van der Waals surface area contributed by atoms with E-state index in [0.717, 1.165) is 0 Å². The molecule has 2 aliphatic rings. The number of hydrogen-bond donors (Lipinski definition) is 0. The molecule has 0 aromatic heterocycles. The van der Waals surface area contributed by atoms with Crippen molar-refractivity contribution in [2.45, 2.75) is 27.7 Å². The summed E-state index contributed by atoms with van der Waals surface area (Å²) >= 11 is 0. The molecule has 11 heavy (non-hydrogen) atoms. The lowest BCUT2D eigenvalue weighted by atomic mass is 9.79. The van der Waals surface area contributed by atoms with Crippen molar-refractivity contribution in [1.82, 2.24) is 0 Å². The van der Waals surface area contributed by atoms with Crippen LogP contribution in [0.25, 0.3) is 0 Å². The topological polar surface area (TPSA) is 0 Å². The summed E-state index contributed by atoms with van der Waals surface area (Å²) < 4.78 is 0. The normalized spacial score (nSPS) is 41.8. The summed E-state index contributed by atoms with van der Waals surface area (Å²) in [4.78, 5) is 0. The SMILES string of the molecule is CC1=CP2C[C@@]1(C)C(C)=C2C. The molecular weight excluding hydrogens is 151 g/mol. The molecule has 0 spiro atoms.